The molecule has 0 aliphatic rings. The first-order valence-corrected chi connectivity index (χ1v) is 6.02. The van der Waals surface area contributed by atoms with Crippen molar-refractivity contribution in [1.29, 1.82) is 0 Å². The van der Waals surface area contributed by atoms with Crippen molar-refractivity contribution >= 4 is 17.5 Å². The van der Waals surface area contributed by atoms with Gasteiger partial charge in [0.25, 0.3) is 5.91 Å². The zero-order valence-corrected chi connectivity index (χ0v) is 11.3. The third kappa shape index (κ3) is 3.61. The molecule has 0 bridgehead atoms. The van der Waals surface area contributed by atoms with E-state index in [1.165, 1.54) is 6.07 Å². The number of rotatable bonds is 5. The SMILES string of the molecule is CC(C)CC(C)(C)C(=O)Nc1c[nH]c(C(N)=O)c1. The van der Waals surface area contributed by atoms with Crippen LogP contribution in [-0.4, -0.2) is 16.8 Å². The summed E-state index contributed by atoms with van der Waals surface area (Å²) < 4.78 is 0. The summed E-state index contributed by atoms with van der Waals surface area (Å²) in [5.74, 6) is -0.165. The van der Waals surface area contributed by atoms with Crippen LogP contribution in [0.15, 0.2) is 12.3 Å². The van der Waals surface area contributed by atoms with Gasteiger partial charge in [-0.3, -0.25) is 9.59 Å². The maximum atomic E-state index is 12.1. The van der Waals surface area contributed by atoms with Gasteiger partial charge in [0.15, 0.2) is 0 Å². The van der Waals surface area contributed by atoms with E-state index < -0.39 is 11.3 Å². The average Bonchev–Trinajstić information content (AvgIpc) is 2.64. The molecule has 5 heteroatoms. The Bertz CT molecular complexity index is 447. The van der Waals surface area contributed by atoms with E-state index in [-0.39, 0.29) is 11.6 Å². The molecule has 0 fully saturated rings. The van der Waals surface area contributed by atoms with Gasteiger partial charge in [0.1, 0.15) is 5.69 Å². The molecule has 0 aliphatic heterocycles. The second kappa shape index (κ2) is 5.25. The molecule has 1 aromatic rings. The molecule has 0 radical (unpaired) electrons. The lowest BCUT2D eigenvalue weighted by molar-refractivity contribution is -0.124. The van der Waals surface area contributed by atoms with E-state index in [9.17, 15) is 9.59 Å². The van der Waals surface area contributed by atoms with E-state index in [0.717, 1.165) is 6.42 Å². The molecular weight excluding hydrogens is 230 g/mol. The number of anilines is 1. The first-order chi connectivity index (χ1) is 8.22. The second-order valence-electron chi connectivity index (χ2n) is 5.60. The number of amides is 2. The maximum absolute atomic E-state index is 12.1. The van der Waals surface area contributed by atoms with Gasteiger partial charge in [-0.25, -0.2) is 0 Å². The minimum atomic E-state index is -0.545. The van der Waals surface area contributed by atoms with Crippen molar-refractivity contribution in [2.75, 3.05) is 5.32 Å². The van der Waals surface area contributed by atoms with Crippen LogP contribution in [0.2, 0.25) is 0 Å². The van der Waals surface area contributed by atoms with Gasteiger partial charge in [-0.1, -0.05) is 27.7 Å². The summed E-state index contributed by atoms with van der Waals surface area (Å²) >= 11 is 0. The van der Waals surface area contributed by atoms with Crippen LogP contribution in [0.3, 0.4) is 0 Å². The van der Waals surface area contributed by atoms with Gasteiger partial charge in [-0.05, 0) is 18.4 Å². The number of aromatic nitrogens is 1. The Balaban J connectivity index is 2.71. The topological polar surface area (TPSA) is 88.0 Å². The lowest BCUT2D eigenvalue weighted by Crippen LogP contribution is -2.31. The summed E-state index contributed by atoms with van der Waals surface area (Å²) in [5, 5.41) is 2.78. The number of carbonyl (C=O) groups is 2. The Kier molecular flexibility index (Phi) is 4.16. The minimum absolute atomic E-state index is 0.0637. The fourth-order valence-corrected chi connectivity index (χ4v) is 2.02. The summed E-state index contributed by atoms with van der Waals surface area (Å²) in [5.41, 5.74) is 5.53. The summed E-state index contributed by atoms with van der Waals surface area (Å²) in [6.45, 7) is 7.97. The Morgan fingerprint density at radius 1 is 1.44 bits per heavy atom. The summed E-state index contributed by atoms with van der Waals surface area (Å²) in [6, 6.07) is 1.53. The Morgan fingerprint density at radius 2 is 2.06 bits per heavy atom. The van der Waals surface area contributed by atoms with Gasteiger partial charge in [0, 0.05) is 11.6 Å². The Morgan fingerprint density at radius 3 is 2.50 bits per heavy atom. The number of nitrogens with one attached hydrogen (secondary N) is 2. The van der Waals surface area contributed by atoms with Crippen LogP contribution in [0.4, 0.5) is 5.69 Å². The largest absolute Gasteiger partial charge is 0.364 e. The number of primary amides is 1. The first-order valence-electron chi connectivity index (χ1n) is 6.02. The van der Waals surface area contributed by atoms with E-state index in [1.807, 2.05) is 13.8 Å². The van der Waals surface area contributed by atoms with Crippen LogP contribution >= 0.6 is 0 Å². The Labute approximate surface area is 107 Å². The molecule has 0 aliphatic carbocycles. The van der Waals surface area contributed by atoms with E-state index in [4.69, 9.17) is 5.73 Å². The predicted molar refractivity (Wildman–Crippen MR) is 71.2 cm³/mol. The normalized spacial score (nSPS) is 11.6. The first kappa shape index (κ1) is 14.3. The molecule has 1 heterocycles. The fraction of sp³-hybridized carbons (Fsp3) is 0.538. The Hall–Kier alpha value is -1.78. The van der Waals surface area contributed by atoms with Crippen molar-refractivity contribution in [3.63, 3.8) is 0 Å². The molecular formula is C13H21N3O2. The van der Waals surface area contributed by atoms with Crippen molar-refractivity contribution in [3.05, 3.63) is 18.0 Å². The number of carbonyl (C=O) groups excluding carboxylic acids is 2. The molecule has 1 aromatic heterocycles. The van der Waals surface area contributed by atoms with Gasteiger partial charge in [0.2, 0.25) is 5.91 Å². The standard InChI is InChI=1S/C13H21N3O2/c1-8(2)6-13(3,4)12(18)16-9-5-10(11(14)17)15-7-9/h5,7-8,15H,6H2,1-4H3,(H2,14,17)(H,16,18). The molecule has 0 saturated carbocycles. The van der Waals surface area contributed by atoms with Crippen LogP contribution in [-0.2, 0) is 4.79 Å². The van der Waals surface area contributed by atoms with E-state index in [1.54, 1.807) is 6.20 Å². The van der Waals surface area contributed by atoms with Crippen LogP contribution in [0.1, 0.15) is 44.6 Å². The van der Waals surface area contributed by atoms with Gasteiger partial charge >= 0.3 is 0 Å². The molecule has 1 rings (SSSR count). The molecule has 4 N–H and O–H groups in total. The zero-order chi connectivity index (χ0) is 13.9. The number of H-pyrrole nitrogens is 1. The number of aromatic amines is 1. The molecule has 0 aromatic carbocycles. The molecule has 100 valence electrons. The molecule has 18 heavy (non-hydrogen) atoms. The van der Waals surface area contributed by atoms with Gasteiger partial charge in [-0.2, -0.15) is 0 Å². The van der Waals surface area contributed by atoms with Gasteiger partial charge < -0.3 is 16.0 Å². The van der Waals surface area contributed by atoms with Crippen LogP contribution in [0.5, 0.6) is 0 Å². The number of nitrogens with two attached hydrogens (primary N) is 1. The highest BCUT2D eigenvalue weighted by atomic mass is 16.2. The van der Waals surface area contributed by atoms with E-state index >= 15 is 0 Å². The molecule has 0 unspecified atom stereocenters. The van der Waals surface area contributed by atoms with Crippen LogP contribution in [0, 0.1) is 11.3 Å². The lowest BCUT2D eigenvalue weighted by atomic mass is 9.83. The predicted octanol–water partition coefficient (Wildman–Crippen LogP) is 2.12. The lowest BCUT2D eigenvalue weighted by Gasteiger charge is -2.25. The zero-order valence-electron chi connectivity index (χ0n) is 11.3. The van der Waals surface area contributed by atoms with Crippen molar-refractivity contribution in [2.24, 2.45) is 17.1 Å². The quantitative estimate of drug-likeness (QED) is 0.748. The average molecular weight is 251 g/mol. The molecule has 0 atom stereocenters. The highest BCUT2D eigenvalue weighted by molar-refractivity contribution is 5.97. The van der Waals surface area contributed by atoms with E-state index in [2.05, 4.69) is 24.1 Å². The van der Waals surface area contributed by atoms with Crippen LogP contribution < -0.4 is 11.1 Å². The molecule has 5 nitrogen and oxygen atoms in total. The number of hydrogen-bond donors (Lipinski definition) is 3. The van der Waals surface area contributed by atoms with Crippen molar-refractivity contribution in [1.82, 2.24) is 4.98 Å². The highest BCUT2D eigenvalue weighted by Gasteiger charge is 2.28. The highest BCUT2D eigenvalue weighted by Crippen LogP contribution is 2.27. The van der Waals surface area contributed by atoms with E-state index in [0.29, 0.717) is 11.6 Å². The monoisotopic (exact) mass is 251 g/mol. The smallest absolute Gasteiger partial charge is 0.265 e. The number of hydrogen-bond acceptors (Lipinski definition) is 2. The molecule has 2 amide bonds. The minimum Gasteiger partial charge on any atom is -0.364 e. The third-order valence-electron chi connectivity index (χ3n) is 2.74. The van der Waals surface area contributed by atoms with Crippen molar-refractivity contribution < 1.29 is 9.59 Å². The van der Waals surface area contributed by atoms with Gasteiger partial charge in [0.05, 0.1) is 5.69 Å². The van der Waals surface area contributed by atoms with Crippen molar-refractivity contribution in [2.45, 2.75) is 34.1 Å². The fourth-order valence-electron chi connectivity index (χ4n) is 2.02. The van der Waals surface area contributed by atoms with Crippen LogP contribution in [0.25, 0.3) is 0 Å². The third-order valence-corrected chi connectivity index (χ3v) is 2.74. The molecule has 0 saturated heterocycles. The van der Waals surface area contributed by atoms with Crippen molar-refractivity contribution in [3.8, 4) is 0 Å². The van der Waals surface area contributed by atoms with Gasteiger partial charge in [-0.15, -0.1) is 0 Å². The second-order valence-corrected chi connectivity index (χ2v) is 5.60. The maximum Gasteiger partial charge on any atom is 0.265 e. The molecule has 0 spiro atoms. The summed E-state index contributed by atoms with van der Waals surface area (Å²) in [7, 11) is 0. The summed E-state index contributed by atoms with van der Waals surface area (Å²) in [6.07, 6.45) is 2.36. The summed E-state index contributed by atoms with van der Waals surface area (Å²) in [4.78, 5) is 25.7.